The molecule has 244 valence electrons. The van der Waals surface area contributed by atoms with Gasteiger partial charge >= 0.3 is 0 Å². The third kappa shape index (κ3) is 4.20. The van der Waals surface area contributed by atoms with Crippen LogP contribution in [0.4, 0.5) is 22.7 Å². The summed E-state index contributed by atoms with van der Waals surface area (Å²) < 4.78 is 2.39. The fourth-order valence-corrected chi connectivity index (χ4v) is 8.75. The van der Waals surface area contributed by atoms with E-state index in [0.717, 1.165) is 0 Å². The van der Waals surface area contributed by atoms with E-state index in [2.05, 4.69) is 208 Å². The molecule has 0 saturated heterocycles. The van der Waals surface area contributed by atoms with Crippen molar-refractivity contribution in [3.8, 4) is 39.1 Å². The highest BCUT2D eigenvalue weighted by Gasteiger charge is 2.42. The minimum atomic E-state index is -0.0972. The Morgan fingerprint density at radius 1 is 0.327 bits per heavy atom. The molecule has 0 aliphatic carbocycles. The van der Waals surface area contributed by atoms with Crippen LogP contribution in [0.5, 0.6) is 0 Å². The molecular weight excluding hydrogens is 631 g/mol. The number of benzene rings is 8. The molecule has 3 heteroatoms. The van der Waals surface area contributed by atoms with Gasteiger partial charge in [0.05, 0.1) is 22.4 Å². The molecule has 11 rings (SSSR count). The van der Waals surface area contributed by atoms with E-state index in [1.807, 2.05) is 0 Å². The molecule has 2 aliphatic rings. The maximum Gasteiger partial charge on any atom is 0.138 e. The first kappa shape index (κ1) is 28.9. The summed E-state index contributed by atoms with van der Waals surface area (Å²) in [4.78, 5) is 5.07. The lowest BCUT2D eigenvalue weighted by atomic mass is 9.79. The number of hydrogen-bond acceptors (Lipinski definition) is 2. The normalized spacial score (nSPS) is 13.2. The molecule has 52 heavy (non-hydrogen) atoms. The average Bonchev–Trinajstić information content (AvgIpc) is 3.55. The van der Waals surface area contributed by atoms with E-state index >= 15 is 0 Å². The van der Waals surface area contributed by atoms with E-state index in [-0.39, 0.29) is 6.17 Å². The van der Waals surface area contributed by atoms with Crippen LogP contribution in [0.15, 0.2) is 194 Å². The zero-order chi connectivity index (χ0) is 34.2. The van der Waals surface area contributed by atoms with Crippen molar-refractivity contribution >= 4 is 44.6 Å². The van der Waals surface area contributed by atoms with Crippen LogP contribution in [-0.2, 0) is 0 Å². The zero-order valence-corrected chi connectivity index (χ0v) is 28.4. The second kappa shape index (κ2) is 11.3. The van der Waals surface area contributed by atoms with Gasteiger partial charge in [-0.2, -0.15) is 0 Å². The molecular formula is C49H33N3. The first-order valence-corrected chi connectivity index (χ1v) is 18.0. The molecule has 0 unspecified atom stereocenters. The number of fused-ring (bicyclic) bond motifs is 7. The van der Waals surface area contributed by atoms with E-state index in [9.17, 15) is 0 Å². The molecule has 0 spiro atoms. The van der Waals surface area contributed by atoms with Gasteiger partial charge in [-0.3, -0.25) is 0 Å². The summed E-state index contributed by atoms with van der Waals surface area (Å²) in [6.45, 7) is 0. The Balaban J connectivity index is 1.20. The fourth-order valence-electron chi connectivity index (χ4n) is 8.75. The topological polar surface area (TPSA) is 11.4 Å². The molecule has 3 heterocycles. The van der Waals surface area contributed by atoms with Crippen LogP contribution in [0.1, 0.15) is 11.7 Å². The second-order valence-electron chi connectivity index (χ2n) is 13.7. The number of hydrogen-bond donors (Lipinski definition) is 0. The van der Waals surface area contributed by atoms with Crippen LogP contribution in [-0.4, -0.2) is 4.57 Å². The van der Waals surface area contributed by atoms with Crippen molar-refractivity contribution < 1.29 is 0 Å². The standard InChI is InChI=1S/C49H33N3/c1-4-16-35(17-5-1)50-44-25-13-10-22-38(44)41-30-33(28-29-47(41)50)34-31-42-39-23-11-14-26-45(39)51(36-18-6-2-7-19-36)49-48(42)43(32-34)40-24-12-15-27-46(40)52(49)37-20-8-3-9-21-37/h1-32,49H. The monoisotopic (exact) mass is 663 g/mol. The molecule has 9 aromatic rings. The van der Waals surface area contributed by atoms with Gasteiger partial charge in [-0.05, 0) is 101 Å². The van der Waals surface area contributed by atoms with Gasteiger partial charge in [-0.15, -0.1) is 0 Å². The molecule has 0 radical (unpaired) electrons. The lowest BCUT2D eigenvalue weighted by molar-refractivity contribution is 0.694. The van der Waals surface area contributed by atoms with Crippen LogP contribution in [0.3, 0.4) is 0 Å². The molecule has 8 aromatic carbocycles. The van der Waals surface area contributed by atoms with Crippen molar-refractivity contribution in [2.24, 2.45) is 0 Å². The van der Waals surface area contributed by atoms with Crippen LogP contribution < -0.4 is 9.80 Å². The van der Waals surface area contributed by atoms with Crippen molar-refractivity contribution in [2.75, 3.05) is 9.80 Å². The molecule has 0 saturated carbocycles. The number of nitrogens with zero attached hydrogens (tertiary/aromatic N) is 3. The maximum atomic E-state index is 2.54. The summed E-state index contributed by atoms with van der Waals surface area (Å²) in [5.74, 6) is 0. The van der Waals surface area contributed by atoms with Crippen molar-refractivity contribution in [3.05, 3.63) is 200 Å². The molecule has 0 N–H and O–H groups in total. The average molecular weight is 664 g/mol. The quantitative estimate of drug-likeness (QED) is 0.186. The zero-order valence-electron chi connectivity index (χ0n) is 28.4. The fraction of sp³-hybridized carbons (Fsp3) is 0.0204. The highest BCUT2D eigenvalue weighted by atomic mass is 15.4. The van der Waals surface area contributed by atoms with Crippen LogP contribution in [0.25, 0.3) is 60.9 Å². The van der Waals surface area contributed by atoms with Gasteiger partial charge in [0.1, 0.15) is 6.17 Å². The lowest BCUT2D eigenvalue weighted by Gasteiger charge is -2.50. The summed E-state index contributed by atoms with van der Waals surface area (Å²) >= 11 is 0. The van der Waals surface area contributed by atoms with Gasteiger partial charge in [0.2, 0.25) is 0 Å². The summed E-state index contributed by atoms with van der Waals surface area (Å²) in [7, 11) is 0. The van der Waals surface area contributed by atoms with Gasteiger partial charge < -0.3 is 14.4 Å². The molecule has 1 aromatic heterocycles. The summed E-state index contributed by atoms with van der Waals surface area (Å²) in [5, 5.41) is 2.52. The Bertz CT molecular complexity index is 2690. The first-order valence-electron chi connectivity index (χ1n) is 18.0. The molecule has 2 aliphatic heterocycles. The van der Waals surface area contributed by atoms with Crippen molar-refractivity contribution in [3.63, 3.8) is 0 Å². The maximum absolute atomic E-state index is 2.54. The van der Waals surface area contributed by atoms with E-state index in [0.29, 0.717) is 0 Å². The number of para-hydroxylation sites is 6. The number of aromatic nitrogens is 1. The van der Waals surface area contributed by atoms with E-state index in [1.54, 1.807) is 0 Å². The minimum absolute atomic E-state index is 0.0972. The van der Waals surface area contributed by atoms with Crippen molar-refractivity contribution in [2.45, 2.75) is 6.17 Å². The molecule has 0 bridgehead atoms. The SMILES string of the molecule is c1ccc(N2c3ccccc3-c3cc(-c4ccc5c(c4)c4ccccc4n5-c4ccccc4)cc4c3C2N(c2ccccc2)c2ccccc2-4)cc1. The Labute approximate surface area is 302 Å². The predicted molar refractivity (Wildman–Crippen MR) is 217 cm³/mol. The van der Waals surface area contributed by atoms with Crippen LogP contribution in [0.2, 0.25) is 0 Å². The largest absolute Gasteiger partial charge is 0.315 e. The highest BCUT2D eigenvalue weighted by molar-refractivity contribution is 6.11. The third-order valence-electron chi connectivity index (χ3n) is 10.9. The van der Waals surface area contributed by atoms with Gasteiger partial charge in [-0.25, -0.2) is 0 Å². The summed E-state index contributed by atoms with van der Waals surface area (Å²) in [6.07, 6.45) is -0.0972. The molecule has 0 atom stereocenters. The first-order chi connectivity index (χ1) is 25.8. The predicted octanol–water partition coefficient (Wildman–Crippen LogP) is 13.1. The van der Waals surface area contributed by atoms with Crippen LogP contribution in [0, 0.1) is 0 Å². The lowest BCUT2D eigenvalue weighted by Crippen LogP contribution is -2.41. The van der Waals surface area contributed by atoms with Gasteiger partial charge in [0.15, 0.2) is 0 Å². The van der Waals surface area contributed by atoms with E-state index in [1.165, 1.54) is 89.2 Å². The van der Waals surface area contributed by atoms with Crippen LogP contribution >= 0.6 is 0 Å². The van der Waals surface area contributed by atoms with E-state index in [4.69, 9.17) is 0 Å². The number of anilines is 4. The summed E-state index contributed by atoms with van der Waals surface area (Å²) in [6, 6.07) is 71.0. The number of rotatable bonds is 4. The molecule has 3 nitrogen and oxygen atoms in total. The van der Waals surface area contributed by atoms with E-state index < -0.39 is 0 Å². The van der Waals surface area contributed by atoms with Crippen molar-refractivity contribution in [1.82, 2.24) is 4.57 Å². The van der Waals surface area contributed by atoms with Crippen molar-refractivity contribution in [1.29, 1.82) is 0 Å². The Hall–Kier alpha value is -6.84. The third-order valence-corrected chi connectivity index (χ3v) is 10.9. The highest BCUT2D eigenvalue weighted by Crippen LogP contribution is 2.59. The molecule has 0 amide bonds. The van der Waals surface area contributed by atoms with Gasteiger partial charge in [0, 0.05) is 44.5 Å². The van der Waals surface area contributed by atoms with Gasteiger partial charge in [0.25, 0.3) is 0 Å². The minimum Gasteiger partial charge on any atom is -0.315 e. The summed E-state index contributed by atoms with van der Waals surface area (Å²) in [5.41, 5.74) is 17.2. The Morgan fingerprint density at radius 2 is 0.808 bits per heavy atom. The smallest absolute Gasteiger partial charge is 0.138 e. The Kier molecular flexibility index (Phi) is 6.31. The Morgan fingerprint density at radius 3 is 1.40 bits per heavy atom. The second-order valence-corrected chi connectivity index (χ2v) is 13.7. The molecule has 0 fully saturated rings. The van der Waals surface area contributed by atoms with Gasteiger partial charge in [-0.1, -0.05) is 115 Å².